The Kier molecular flexibility index (Phi) is 29.8. The predicted molar refractivity (Wildman–Crippen MR) is 204 cm³/mol. The van der Waals surface area contributed by atoms with Crippen molar-refractivity contribution in [2.24, 2.45) is 0 Å². The van der Waals surface area contributed by atoms with E-state index in [4.69, 9.17) is 14.6 Å². The smallest absolute Gasteiger partial charge is 0.358 e. The summed E-state index contributed by atoms with van der Waals surface area (Å²) >= 11 is 0. The van der Waals surface area contributed by atoms with Gasteiger partial charge in [0.05, 0.1) is 19.8 Å². The Bertz CT molecular complexity index is 1140. The lowest BCUT2D eigenvalue weighted by atomic mass is 10.0. The molecule has 0 aromatic heterocycles. The molecule has 0 aromatic carbocycles. The second-order valence-electron chi connectivity index (χ2n) is 13.9. The molecular weight excluding hydrogens is 734 g/mol. The van der Waals surface area contributed by atoms with Crippen LogP contribution in [0.25, 0.3) is 0 Å². The van der Waals surface area contributed by atoms with Crippen molar-refractivity contribution in [1.82, 2.24) is 26.3 Å². The van der Waals surface area contributed by atoms with Crippen molar-refractivity contribution >= 4 is 41.7 Å². The first kappa shape index (κ1) is 50.1. The lowest BCUT2D eigenvalue weighted by molar-refractivity contribution is -0.200. The van der Waals surface area contributed by atoms with E-state index in [2.05, 4.69) is 26.1 Å². The van der Waals surface area contributed by atoms with Crippen LogP contribution in [0.15, 0.2) is 0 Å². The minimum absolute atomic E-state index is 0.00422. The molecule has 56 heavy (non-hydrogen) atoms. The van der Waals surface area contributed by atoms with E-state index < -0.39 is 48.6 Å². The number of imide groups is 1. The number of nitrogens with zero attached hydrogens (tertiary/aromatic N) is 1. The molecule has 0 radical (unpaired) electrons. The molecule has 0 spiro atoms. The summed E-state index contributed by atoms with van der Waals surface area (Å²) in [6, 6.07) is -1.42. The number of aliphatic hydroxyl groups excluding tert-OH is 1. The Hall–Kier alpha value is -3.87. The van der Waals surface area contributed by atoms with Crippen molar-refractivity contribution in [3.63, 3.8) is 0 Å². The number of ether oxygens (including phenoxy) is 2. The van der Waals surface area contributed by atoms with E-state index in [9.17, 15) is 43.8 Å². The number of rotatable bonds is 37. The molecule has 0 aromatic rings. The molecule has 2 atom stereocenters. The third kappa shape index (κ3) is 28.5. The SMILES string of the molecule is O=C(O)CCCCCCCCCCCCCCCCC(O)N[C@@H](CCC(=O)NCCCCNC(=O)NCCOCCOCC(=O)ON1C(=O)CCC1=O)C(=O)O. The molecule has 0 aliphatic carbocycles. The topological polar surface area (TPSA) is 259 Å². The van der Waals surface area contributed by atoms with Crippen LogP contribution in [0, 0.1) is 0 Å². The Morgan fingerprint density at radius 1 is 0.607 bits per heavy atom. The van der Waals surface area contributed by atoms with Gasteiger partial charge in [0, 0.05) is 45.3 Å². The number of aliphatic hydroxyl groups is 1. The van der Waals surface area contributed by atoms with Crippen LogP contribution < -0.4 is 21.3 Å². The van der Waals surface area contributed by atoms with E-state index >= 15 is 0 Å². The molecule has 18 heteroatoms. The molecule has 7 N–H and O–H groups in total. The molecule has 1 heterocycles. The van der Waals surface area contributed by atoms with Gasteiger partial charge in [0.1, 0.15) is 18.9 Å². The van der Waals surface area contributed by atoms with Crippen LogP contribution in [0.4, 0.5) is 4.79 Å². The largest absolute Gasteiger partial charge is 0.481 e. The molecule has 1 saturated heterocycles. The second-order valence-corrected chi connectivity index (χ2v) is 13.9. The summed E-state index contributed by atoms with van der Waals surface area (Å²) in [4.78, 5) is 85.4. The van der Waals surface area contributed by atoms with E-state index in [1.807, 2.05) is 0 Å². The zero-order valence-corrected chi connectivity index (χ0v) is 33.0. The van der Waals surface area contributed by atoms with Crippen molar-refractivity contribution in [2.75, 3.05) is 46.1 Å². The lowest BCUT2D eigenvalue weighted by Crippen LogP contribution is -2.44. The van der Waals surface area contributed by atoms with Gasteiger partial charge in [-0.15, -0.1) is 5.06 Å². The number of urea groups is 1. The maximum absolute atomic E-state index is 12.2. The highest BCUT2D eigenvalue weighted by Crippen LogP contribution is 2.15. The molecule has 1 rings (SSSR count). The summed E-state index contributed by atoms with van der Waals surface area (Å²) in [5, 5.41) is 39.7. The van der Waals surface area contributed by atoms with Gasteiger partial charge in [-0.1, -0.05) is 77.0 Å². The number of carboxylic acids is 2. The van der Waals surface area contributed by atoms with Crippen molar-refractivity contribution in [3.05, 3.63) is 0 Å². The summed E-state index contributed by atoms with van der Waals surface area (Å²) in [5.41, 5.74) is 0. The van der Waals surface area contributed by atoms with Gasteiger partial charge in [-0.05, 0) is 38.5 Å². The van der Waals surface area contributed by atoms with Crippen LogP contribution in [0.5, 0.6) is 0 Å². The fourth-order valence-electron chi connectivity index (χ4n) is 5.83. The van der Waals surface area contributed by atoms with Crippen LogP contribution in [-0.2, 0) is 43.1 Å². The number of carbonyl (C=O) groups excluding carboxylic acids is 5. The van der Waals surface area contributed by atoms with Gasteiger partial charge in [0.2, 0.25) is 5.91 Å². The summed E-state index contributed by atoms with van der Waals surface area (Å²) < 4.78 is 10.4. The highest BCUT2D eigenvalue weighted by atomic mass is 16.7. The lowest BCUT2D eigenvalue weighted by Gasteiger charge is -2.19. The zero-order chi connectivity index (χ0) is 41.2. The monoisotopic (exact) mass is 801 g/mol. The van der Waals surface area contributed by atoms with Gasteiger partial charge in [-0.25, -0.2) is 9.59 Å². The summed E-state index contributed by atoms with van der Waals surface area (Å²) in [5.74, 6) is -4.14. The standard InChI is InChI=1S/C38H67N5O13/c44-31(39-23-15-16-24-40-38(53)41-25-26-54-27-28-55-29-36(50)56-43-33(46)21-22-34(43)47)20-19-30(37(51)52)42-32(45)17-13-11-9-7-5-3-1-2-4-6-8-10-12-14-18-35(48)49/h30,32,42,45H,1-29H2,(H,39,44)(H,48,49)(H,51,52)(H2,40,41,53)/t30-,32?/m0/s1. The minimum Gasteiger partial charge on any atom is -0.481 e. The number of hydrogen-bond donors (Lipinski definition) is 7. The number of aliphatic carboxylic acids is 2. The molecular formula is C38H67N5O13. The molecule has 5 amide bonds. The van der Waals surface area contributed by atoms with Crippen LogP contribution in [0.1, 0.15) is 141 Å². The molecule has 0 bridgehead atoms. The van der Waals surface area contributed by atoms with Gasteiger partial charge >= 0.3 is 23.9 Å². The fourth-order valence-corrected chi connectivity index (χ4v) is 5.83. The van der Waals surface area contributed by atoms with E-state index in [1.54, 1.807) is 0 Å². The third-order valence-electron chi connectivity index (χ3n) is 9.00. The molecule has 0 saturated carbocycles. The Morgan fingerprint density at radius 2 is 1.12 bits per heavy atom. The van der Waals surface area contributed by atoms with E-state index in [-0.39, 0.29) is 70.4 Å². The fraction of sp³-hybridized carbons (Fsp3) is 0.816. The normalized spacial score (nSPS) is 13.7. The van der Waals surface area contributed by atoms with E-state index in [0.29, 0.717) is 37.4 Å². The molecule has 1 fully saturated rings. The first-order valence-electron chi connectivity index (χ1n) is 20.4. The number of carbonyl (C=O) groups is 7. The zero-order valence-electron chi connectivity index (χ0n) is 33.0. The van der Waals surface area contributed by atoms with Crippen molar-refractivity contribution in [3.8, 4) is 0 Å². The quantitative estimate of drug-likeness (QED) is 0.0270. The number of unbranched alkanes of at least 4 members (excludes halogenated alkanes) is 14. The van der Waals surface area contributed by atoms with Gasteiger partial charge in [0.15, 0.2) is 0 Å². The van der Waals surface area contributed by atoms with Gasteiger partial charge < -0.3 is 45.6 Å². The number of nitrogens with one attached hydrogen (secondary N) is 4. The summed E-state index contributed by atoms with van der Waals surface area (Å²) in [6.07, 6.45) is 16.4. The second kappa shape index (κ2) is 33.3. The van der Waals surface area contributed by atoms with Crippen molar-refractivity contribution in [2.45, 2.75) is 154 Å². The number of carboxylic acid groups (broad SMARTS) is 2. The average Bonchev–Trinajstić information content (AvgIpc) is 3.47. The van der Waals surface area contributed by atoms with Crippen molar-refractivity contribution in [1.29, 1.82) is 0 Å². The van der Waals surface area contributed by atoms with E-state index in [0.717, 1.165) is 44.9 Å². The third-order valence-corrected chi connectivity index (χ3v) is 9.00. The summed E-state index contributed by atoms with van der Waals surface area (Å²) in [6.45, 7) is 0.940. The predicted octanol–water partition coefficient (Wildman–Crippen LogP) is 3.29. The van der Waals surface area contributed by atoms with Gasteiger partial charge in [-0.2, -0.15) is 0 Å². The highest BCUT2D eigenvalue weighted by Gasteiger charge is 2.32. The number of amides is 5. The molecule has 1 unspecified atom stereocenters. The Labute approximate surface area is 330 Å². The maximum Gasteiger partial charge on any atom is 0.358 e. The van der Waals surface area contributed by atoms with Crippen LogP contribution in [0.3, 0.4) is 0 Å². The minimum atomic E-state index is -1.12. The first-order chi connectivity index (χ1) is 27.0. The van der Waals surface area contributed by atoms with Gasteiger partial charge in [-0.3, -0.25) is 29.3 Å². The first-order valence-corrected chi connectivity index (χ1v) is 20.4. The van der Waals surface area contributed by atoms with Gasteiger partial charge in [0.25, 0.3) is 11.8 Å². The maximum atomic E-state index is 12.2. The van der Waals surface area contributed by atoms with Crippen LogP contribution >= 0.6 is 0 Å². The molecule has 18 nitrogen and oxygen atoms in total. The molecule has 1 aliphatic rings. The number of hydrogen-bond acceptors (Lipinski definition) is 12. The van der Waals surface area contributed by atoms with Crippen molar-refractivity contribution < 1.29 is 63.2 Å². The Morgan fingerprint density at radius 3 is 1.70 bits per heavy atom. The van der Waals surface area contributed by atoms with Crippen LogP contribution in [0.2, 0.25) is 0 Å². The number of hydroxylamine groups is 2. The average molecular weight is 802 g/mol. The molecule has 1 aliphatic heterocycles. The van der Waals surface area contributed by atoms with Crippen LogP contribution in [-0.4, -0.2) is 120 Å². The Balaban J connectivity index is 1.93. The highest BCUT2D eigenvalue weighted by molar-refractivity contribution is 6.01. The van der Waals surface area contributed by atoms with E-state index in [1.165, 1.54) is 44.9 Å². The summed E-state index contributed by atoms with van der Waals surface area (Å²) in [7, 11) is 0. The molecule has 322 valence electrons.